The monoisotopic (exact) mass is 287 g/mol. The molecule has 102 valence electrons. The molecular formula is C16H14ClNO2. The number of carbonyl (C=O) groups is 1. The van der Waals surface area contributed by atoms with Crippen LogP contribution in [0, 0.1) is 0 Å². The van der Waals surface area contributed by atoms with Crippen LogP contribution in [0.4, 0.5) is 0 Å². The van der Waals surface area contributed by atoms with Crippen molar-refractivity contribution in [2.24, 2.45) is 0 Å². The highest BCUT2D eigenvalue weighted by molar-refractivity contribution is 6.24. The number of benzene rings is 2. The maximum absolute atomic E-state index is 12.4. The zero-order valence-electron chi connectivity index (χ0n) is 11.0. The van der Waals surface area contributed by atoms with Crippen molar-refractivity contribution in [3.05, 3.63) is 65.2 Å². The summed E-state index contributed by atoms with van der Waals surface area (Å²) in [6.45, 7) is 0.492. The molecule has 20 heavy (non-hydrogen) atoms. The van der Waals surface area contributed by atoms with Crippen molar-refractivity contribution in [2.45, 2.75) is 12.0 Å². The number of hydrogen-bond donors (Lipinski definition) is 0. The van der Waals surface area contributed by atoms with Crippen LogP contribution in [0.5, 0.6) is 5.75 Å². The Morgan fingerprint density at radius 1 is 1.15 bits per heavy atom. The third kappa shape index (κ3) is 2.14. The first-order chi connectivity index (χ1) is 9.70. The molecule has 1 heterocycles. The lowest BCUT2D eigenvalue weighted by Gasteiger charge is -2.20. The number of fused-ring (bicyclic) bond motifs is 1. The SMILES string of the molecule is COc1ccc(CN2C(=O)c3ccccc3C2Cl)cc1. The van der Waals surface area contributed by atoms with Gasteiger partial charge in [-0.1, -0.05) is 41.9 Å². The van der Waals surface area contributed by atoms with Gasteiger partial charge in [0.1, 0.15) is 11.3 Å². The number of ether oxygens (including phenoxy) is 1. The van der Waals surface area contributed by atoms with E-state index in [0.29, 0.717) is 12.1 Å². The van der Waals surface area contributed by atoms with E-state index in [1.165, 1.54) is 0 Å². The van der Waals surface area contributed by atoms with E-state index in [-0.39, 0.29) is 5.91 Å². The van der Waals surface area contributed by atoms with E-state index < -0.39 is 5.50 Å². The van der Waals surface area contributed by atoms with E-state index in [0.717, 1.165) is 16.9 Å². The van der Waals surface area contributed by atoms with E-state index in [2.05, 4.69) is 0 Å². The third-order valence-corrected chi connectivity index (χ3v) is 3.97. The first-order valence-electron chi connectivity index (χ1n) is 6.37. The minimum Gasteiger partial charge on any atom is -0.497 e. The van der Waals surface area contributed by atoms with Crippen LogP contribution in [-0.2, 0) is 6.54 Å². The molecule has 1 unspecified atom stereocenters. The van der Waals surface area contributed by atoms with Crippen molar-refractivity contribution < 1.29 is 9.53 Å². The van der Waals surface area contributed by atoms with Gasteiger partial charge < -0.3 is 9.64 Å². The van der Waals surface area contributed by atoms with Gasteiger partial charge in [0.05, 0.1) is 7.11 Å². The Kier molecular flexibility index (Phi) is 3.36. The molecule has 0 spiro atoms. The fraction of sp³-hybridized carbons (Fsp3) is 0.188. The average Bonchev–Trinajstić information content (AvgIpc) is 2.74. The van der Waals surface area contributed by atoms with Gasteiger partial charge in [0, 0.05) is 17.7 Å². The number of methoxy groups -OCH3 is 1. The average molecular weight is 288 g/mol. The van der Waals surface area contributed by atoms with Gasteiger partial charge in [-0.15, -0.1) is 0 Å². The molecule has 1 aliphatic rings. The van der Waals surface area contributed by atoms with Gasteiger partial charge >= 0.3 is 0 Å². The van der Waals surface area contributed by atoms with Crippen LogP contribution >= 0.6 is 11.6 Å². The second-order valence-electron chi connectivity index (χ2n) is 4.70. The Balaban J connectivity index is 1.83. The Morgan fingerprint density at radius 3 is 2.50 bits per heavy atom. The van der Waals surface area contributed by atoms with Gasteiger partial charge in [-0.2, -0.15) is 0 Å². The van der Waals surface area contributed by atoms with Crippen LogP contribution in [-0.4, -0.2) is 17.9 Å². The first kappa shape index (κ1) is 13.0. The summed E-state index contributed by atoms with van der Waals surface area (Å²) >= 11 is 6.39. The van der Waals surface area contributed by atoms with Crippen molar-refractivity contribution in [1.82, 2.24) is 4.90 Å². The lowest BCUT2D eigenvalue weighted by Crippen LogP contribution is -2.25. The minimum atomic E-state index is -0.402. The molecule has 2 aromatic rings. The summed E-state index contributed by atoms with van der Waals surface area (Å²) < 4.78 is 5.13. The van der Waals surface area contributed by atoms with Gasteiger partial charge in [0.2, 0.25) is 0 Å². The van der Waals surface area contributed by atoms with Gasteiger partial charge in [-0.25, -0.2) is 0 Å². The predicted molar refractivity (Wildman–Crippen MR) is 77.9 cm³/mol. The molecule has 3 nitrogen and oxygen atoms in total. The molecule has 0 radical (unpaired) electrons. The number of hydrogen-bond acceptors (Lipinski definition) is 2. The molecule has 0 N–H and O–H groups in total. The maximum Gasteiger partial charge on any atom is 0.256 e. The lowest BCUT2D eigenvalue weighted by atomic mass is 10.1. The van der Waals surface area contributed by atoms with Crippen molar-refractivity contribution >= 4 is 17.5 Å². The molecule has 0 aromatic heterocycles. The molecule has 1 aliphatic heterocycles. The highest BCUT2D eigenvalue weighted by Gasteiger charge is 2.34. The second kappa shape index (κ2) is 5.17. The number of rotatable bonds is 3. The zero-order chi connectivity index (χ0) is 14.1. The highest BCUT2D eigenvalue weighted by Crippen LogP contribution is 2.37. The van der Waals surface area contributed by atoms with Crippen LogP contribution in [0.15, 0.2) is 48.5 Å². The largest absolute Gasteiger partial charge is 0.497 e. The molecular weight excluding hydrogens is 274 g/mol. The summed E-state index contributed by atoms with van der Waals surface area (Å²) in [6, 6.07) is 15.1. The van der Waals surface area contributed by atoms with Crippen LogP contribution in [0.2, 0.25) is 0 Å². The smallest absolute Gasteiger partial charge is 0.256 e. The quantitative estimate of drug-likeness (QED) is 0.638. The molecule has 1 amide bonds. The first-order valence-corrected chi connectivity index (χ1v) is 6.81. The molecule has 0 fully saturated rings. The van der Waals surface area contributed by atoms with Crippen LogP contribution in [0.1, 0.15) is 27.0 Å². The number of nitrogens with zero attached hydrogens (tertiary/aromatic N) is 1. The van der Waals surface area contributed by atoms with Gasteiger partial charge in [-0.3, -0.25) is 4.79 Å². The summed E-state index contributed by atoms with van der Waals surface area (Å²) in [5, 5.41) is 0. The Morgan fingerprint density at radius 2 is 1.85 bits per heavy atom. The summed E-state index contributed by atoms with van der Waals surface area (Å²) in [6.07, 6.45) is 0. The number of carbonyl (C=O) groups excluding carboxylic acids is 1. The molecule has 0 saturated carbocycles. The molecule has 0 bridgehead atoms. The van der Waals surface area contributed by atoms with Crippen molar-refractivity contribution in [3.8, 4) is 5.75 Å². The van der Waals surface area contributed by atoms with E-state index in [9.17, 15) is 4.79 Å². The lowest BCUT2D eigenvalue weighted by molar-refractivity contribution is 0.0758. The topological polar surface area (TPSA) is 29.5 Å². The summed E-state index contributed by atoms with van der Waals surface area (Å²) in [5.74, 6) is 0.781. The number of amides is 1. The number of alkyl halides is 1. The van der Waals surface area contributed by atoms with Crippen LogP contribution in [0.25, 0.3) is 0 Å². The Labute approximate surface area is 122 Å². The van der Waals surface area contributed by atoms with E-state index in [1.807, 2.05) is 48.5 Å². The molecule has 4 heteroatoms. The van der Waals surface area contributed by atoms with Gasteiger partial charge in [0.15, 0.2) is 0 Å². The zero-order valence-corrected chi connectivity index (χ0v) is 11.8. The predicted octanol–water partition coefficient (Wildman–Crippen LogP) is 3.59. The van der Waals surface area contributed by atoms with Gasteiger partial charge in [-0.05, 0) is 23.8 Å². The summed E-state index contributed by atoms with van der Waals surface area (Å²) in [7, 11) is 1.63. The molecule has 0 saturated heterocycles. The maximum atomic E-state index is 12.4. The fourth-order valence-electron chi connectivity index (χ4n) is 2.40. The van der Waals surface area contributed by atoms with Crippen LogP contribution in [0.3, 0.4) is 0 Å². The van der Waals surface area contributed by atoms with Crippen molar-refractivity contribution in [3.63, 3.8) is 0 Å². The Hall–Kier alpha value is -2.00. The minimum absolute atomic E-state index is 0.0172. The van der Waals surface area contributed by atoms with E-state index in [4.69, 9.17) is 16.3 Å². The number of halogens is 1. The van der Waals surface area contributed by atoms with Crippen molar-refractivity contribution in [1.29, 1.82) is 0 Å². The van der Waals surface area contributed by atoms with E-state index >= 15 is 0 Å². The van der Waals surface area contributed by atoms with Crippen LogP contribution < -0.4 is 4.74 Å². The molecule has 2 aromatic carbocycles. The standard InChI is InChI=1S/C16H14ClNO2/c1-20-12-8-6-11(7-9-12)10-18-15(17)13-4-2-3-5-14(13)16(18)19/h2-9,15H,10H2,1H3. The highest BCUT2D eigenvalue weighted by atomic mass is 35.5. The third-order valence-electron chi connectivity index (χ3n) is 3.49. The molecule has 1 atom stereocenters. The second-order valence-corrected chi connectivity index (χ2v) is 5.12. The summed E-state index contributed by atoms with van der Waals surface area (Å²) in [4.78, 5) is 14.0. The molecule has 3 rings (SSSR count). The fourth-order valence-corrected chi connectivity index (χ4v) is 2.75. The van der Waals surface area contributed by atoms with Gasteiger partial charge in [0.25, 0.3) is 5.91 Å². The van der Waals surface area contributed by atoms with E-state index in [1.54, 1.807) is 12.0 Å². The normalized spacial score (nSPS) is 17.2. The summed E-state index contributed by atoms with van der Waals surface area (Å²) in [5.41, 5.74) is 2.20. The molecule has 0 aliphatic carbocycles. The van der Waals surface area contributed by atoms with Crippen molar-refractivity contribution in [2.75, 3.05) is 7.11 Å². The Bertz CT molecular complexity index is 639.